The van der Waals surface area contributed by atoms with Gasteiger partial charge in [0, 0.05) is 13.1 Å². The molecule has 0 aliphatic carbocycles. The second-order valence-corrected chi connectivity index (χ2v) is 7.21. The monoisotopic (exact) mass is 480 g/mol. The second kappa shape index (κ2) is 9.97. The van der Waals surface area contributed by atoms with Crippen LogP contribution in [0.5, 0.6) is 0 Å². The fraction of sp³-hybridized carbons (Fsp3) is 0.267. The Kier molecular flexibility index (Phi) is 8.67. The fourth-order valence-electron chi connectivity index (χ4n) is 1.88. The number of hydrogen-bond donors (Lipinski definition) is 3. The van der Waals surface area contributed by atoms with Crippen molar-refractivity contribution < 1.29 is 8.42 Å². The minimum absolute atomic E-state index is 0. The molecule has 0 saturated carbocycles. The van der Waals surface area contributed by atoms with Crippen LogP contribution in [0.25, 0.3) is 0 Å². The van der Waals surface area contributed by atoms with Crippen molar-refractivity contribution in [2.75, 3.05) is 6.54 Å². The third kappa shape index (κ3) is 6.75. The molecule has 1 heterocycles. The number of benzene rings is 1. The molecule has 2 rings (SSSR count). The number of sulfonamides is 1. The number of nitrogens with two attached hydrogens (primary N) is 1. The lowest BCUT2D eigenvalue weighted by atomic mass is 10.2. The van der Waals surface area contributed by atoms with Gasteiger partial charge in [-0.05, 0) is 47.0 Å². The number of guanidine groups is 1. The van der Waals surface area contributed by atoms with Crippen LogP contribution in [0.3, 0.4) is 0 Å². The smallest absolute Gasteiger partial charge is 0.238 e. The molecule has 0 aliphatic rings. The van der Waals surface area contributed by atoms with E-state index in [1.165, 1.54) is 17.7 Å². The van der Waals surface area contributed by atoms with Crippen LogP contribution >= 0.6 is 35.3 Å². The molecular formula is C15H21IN4O2S2. The molecule has 0 saturated heterocycles. The van der Waals surface area contributed by atoms with Gasteiger partial charge < -0.3 is 10.6 Å². The van der Waals surface area contributed by atoms with E-state index in [0.29, 0.717) is 19.0 Å². The molecule has 1 aromatic heterocycles. The van der Waals surface area contributed by atoms with Crippen molar-refractivity contribution >= 4 is 51.3 Å². The highest BCUT2D eigenvalue weighted by Gasteiger charge is 2.06. The number of rotatable bonds is 6. The minimum Gasteiger partial charge on any atom is -0.357 e. The maximum atomic E-state index is 11.2. The molecule has 0 fully saturated rings. The van der Waals surface area contributed by atoms with Crippen LogP contribution in [0.4, 0.5) is 0 Å². The van der Waals surface area contributed by atoms with Gasteiger partial charge >= 0.3 is 0 Å². The van der Waals surface area contributed by atoms with Crippen LogP contribution in [0.15, 0.2) is 51.0 Å². The molecule has 0 unspecified atom stereocenters. The second-order valence-electron chi connectivity index (χ2n) is 4.87. The quantitative estimate of drug-likeness (QED) is 0.336. The lowest BCUT2D eigenvalue weighted by molar-refractivity contribution is 0.597. The van der Waals surface area contributed by atoms with E-state index in [1.54, 1.807) is 23.5 Å². The summed E-state index contributed by atoms with van der Waals surface area (Å²) in [6.45, 7) is 3.92. The highest BCUT2D eigenvalue weighted by molar-refractivity contribution is 14.0. The summed E-state index contributed by atoms with van der Waals surface area (Å²) in [5, 5.41) is 15.6. The van der Waals surface area contributed by atoms with E-state index >= 15 is 0 Å². The van der Waals surface area contributed by atoms with Gasteiger partial charge in [0.1, 0.15) is 0 Å². The lowest BCUT2D eigenvalue weighted by Crippen LogP contribution is -2.36. The summed E-state index contributed by atoms with van der Waals surface area (Å²) in [5.41, 5.74) is 2.11. The van der Waals surface area contributed by atoms with Crippen LogP contribution in [0, 0.1) is 0 Å². The topological polar surface area (TPSA) is 96.6 Å². The first-order valence-corrected chi connectivity index (χ1v) is 9.63. The number of nitrogens with zero attached hydrogens (tertiary/aromatic N) is 1. The number of halogens is 1. The van der Waals surface area contributed by atoms with Gasteiger partial charge in [-0.15, -0.1) is 24.0 Å². The summed E-state index contributed by atoms with van der Waals surface area (Å²) in [6, 6.07) is 8.51. The maximum Gasteiger partial charge on any atom is 0.238 e. The summed E-state index contributed by atoms with van der Waals surface area (Å²) in [7, 11) is -3.65. The van der Waals surface area contributed by atoms with Gasteiger partial charge in [0.2, 0.25) is 10.0 Å². The zero-order valence-electron chi connectivity index (χ0n) is 13.2. The first-order valence-electron chi connectivity index (χ1n) is 7.14. The normalized spacial score (nSPS) is 11.7. The molecule has 0 spiro atoms. The molecule has 132 valence electrons. The molecule has 0 atom stereocenters. The maximum absolute atomic E-state index is 11.2. The molecule has 6 nitrogen and oxygen atoms in total. The van der Waals surface area contributed by atoms with Crippen molar-refractivity contribution in [2.24, 2.45) is 10.1 Å². The summed E-state index contributed by atoms with van der Waals surface area (Å²) in [6.07, 6.45) is 0. The van der Waals surface area contributed by atoms with Gasteiger partial charge in [-0.1, -0.05) is 12.1 Å². The zero-order valence-corrected chi connectivity index (χ0v) is 17.2. The third-order valence-electron chi connectivity index (χ3n) is 3.06. The zero-order chi connectivity index (χ0) is 16.7. The Morgan fingerprint density at radius 2 is 1.88 bits per heavy atom. The van der Waals surface area contributed by atoms with E-state index in [0.717, 1.165) is 12.1 Å². The number of aliphatic imine (C=N–C) groups is 1. The number of primary sulfonamides is 1. The first-order chi connectivity index (χ1) is 11.0. The Balaban J connectivity index is 0.00000288. The number of nitrogens with one attached hydrogen (secondary N) is 2. The first kappa shape index (κ1) is 20.9. The molecule has 0 radical (unpaired) electrons. The highest BCUT2D eigenvalue weighted by Crippen LogP contribution is 2.09. The molecular weight excluding hydrogens is 459 g/mol. The van der Waals surface area contributed by atoms with Crippen molar-refractivity contribution in [1.29, 1.82) is 0 Å². The van der Waals surface area contributed by atoms with Gasteiger partial charge in [0.05, 0.1) is 11.4 Å². The van der Waals surface area contributed by atoms with Crippen LogP contribution in [-0.2, 0) is 23.1 Å². The Hall–Kier alpha value is -1.17. The van der Waals surface area contributed by atoms with Crippen molar-refractivity contribution in [3.05, 3.63) is 52.2 Å². The molecule has 2 aromatic rings. The minimum atomic E-state index is -3.65. The Bertz CT molecular complexity index is 744. The molecule has 0 bridgehead atoms. The molecule has 4 N–H and O–H groups in total. The molecule has 9 heteroatoms. The van der Waals surface area contributed by atoms with E-state index in [-0.39, 0.29) is 28.9 Å². The Morgan fingerprint density at radius 3 is 2.42 bits per heavy atom. The summed E-state index contributed by atoms with van der Waals surface area (Å²) in [4.78, 5) is 4.62. The average Bonchev–Trinajstić information content (AvgIpc) is 3.03. The van der Waals surface area contributed by atoms with E-state index in [9.17, 15) is 8.42 Å². The average molecular weight is 480 g/mol. The van der Waals surface area contributed by atoms with E-state index in [2.05, 4.69) is 21.0 Å². The van der Waals surface area contributed by atoms with Crippen LogP contribution in [0.2, 0.25) is 0 Å². The largest absolute Gasteiger partial charge is 0.357 e. The predicted molar refractivity (Wildman–Crippen MR) is 109 cm³/mol. The van der Waals surface area contributed by atoms with Crippen molar-refractivity contribution in [1.82, 2.24) is 10.6 Å². The summed E-state index contributed by atoms with van der Waals surface area (Å²) >= 11 is 1.65. The van der Waals surface area contributed by atoms with Crippen LogP contribution in [-0.4, -0.2) is 20.9 Å². The van der Waals surface area contributed by atoms with Crippen LogP contribution < -0.4 is 15.8 Å². The van der Waals surface area contributed by atoms with E-state index in [4.69, 9.17) is 5.14 Å². The SMILES string of the molecule is CCNC(=NCc1ccsc1)NCc1ccc(S(N)(=O)=O)cc1.I. The van der Waals surface area contributed by atoms with E-state index in [1.807, 2.05) is 18.4 Å². The van der Waals surface area contributed by atoms with Gasteiger partial charge in [-0.2, -0.15) is 11.3 Å². The number of hydrogen-bond acceptors (Lipinski definition) is 4. The molecule has 0 amide bonds. The molecule has 24 heavy (non-hydrogen) atoms. The highest BCUT2D eigenvalue weighted by atomic mass is 127. The summed E-state index contributed by atoms with van der Waals surface area (Å²) in [5.74, 6) is 0.717. The fourth-order valence-corrected chi connectivity index (χ4v) is 3.05. The molecule has 1 aromatic carbocycles. The van der Waals surface area contributed by atoms with Crippen molar-refractivity contribution in [2.45, 2.75) is 24.9 Å². The van der Waals surface area contributed by atoms with Crippen molar-refractivity contribution in [3.8, 4) is 0 Å². The van der Waals surface area contributed by atoms with Gasteiger partial charge in [0.15, 0.2) is 5.96 Å². The third-order valence-corrected chi connectivity index (χ3v) is 4.72. The van der Waals surface area contributed by atoms with E-state index < -0.39 is 10.0 Å². The van der Waals surface area contributed by atoms with Crippen LogP contribution in [0.1, 0.15) is 18.1 Å². The van der Waals surface area contributed by atoms with Gasteiger partial charge in [-0.3, -0.25) is 0 Å². The van der Waals surface area contributed by atoms with Gasteiger partial charge in [-0.25, -0.2) is 18.5 Å². The van der Waals surface area contributed by atoms with Gasteiger partial charge in [0.25, 0.3) is 0 Å². The summed E-state index contributed by atoms with van der Waals surface area (Å²) < 4.78 is 22.5. The lowest BCUT2D eigenvalue weighted by Gasteiger charge is -2.11. The standard InChI is InChI=1S/C15H20N4O2S2.HI/c1-2-17-15(19-10-13-7-8-22-11-13)18-9-12-3-5-14(6-4-12)23(16,20)21;/h3-8,11H,2,9-10H2,1H3,(H2,16,20,21)(H2,17,18,19);1H. The Morgan fingerprint density at radius 1 is 1.17 bits per heavy atom. The predicted octanol–water partition coefficient (Wildman–Crippen LogP) is 2.27. The van der Waals surface area contributed by atoms with Crippen molar-refractivity contribution in [3.63, 3.8) is 0 Å². The Labute approximate surface area is 163 Å². The molecule has 0 aliphatic heterocycles. The number of thiophene rings is 1.